The van der Waals surface area contributed by atoms with Crippen molar-refractivity contribution in [1.29, 1.82) is 0 Å². The summed E-state index contributed by atoms with van der Waals surface area (Å²) in [4.78, 5) is 15.9. The number of para-hydroxylation sites is 2. The van der Waals surface area contributed by atoms with Gasteiger partial charge in [0.15, 0.2) is 5.82 Å². The Kier molecular flexibility index (Phi) is 9.09. The summed E-state index contributed by atoms with van der Waals surface area (Å²) >= 11 is 0. The van der Waals surface area contributed by atoms with Crippen molar-refractivity contribution >= 4 is 32.6 Å². The third kappa shape index (κ3) is 6.74. The average molecular weight is 781 g/mol. The van der Waals surface area contributed by atoms with E-state index < -0.39 is 0 Å². The zero-order valence-electron chi connectivity index (χ0n) is 33.7. The van der Waals surface area contributed by atoms with E-state index >= 15 is 0 Å². The Morgan fingerprint density at radius 1 is 0.377 bits per heavy atom. The van der Waals surface area contributed by atoms with E-state index in [1.165, 1.54) is 32.7 Å². The predicted octanol–water partition coefficient (Wildman–Crippen LogP) is 14.7. The predicted molar refractivity (Wildman–Crippen MR) is 254 cm³/mol. The van der Waals surface area contributed by atoms with Gasteiger partial charge in [-0.3, -0.25) is 4.57 Å². The van der Waals surface area contributed by atoms with Crippen molar-refractivity contribution in [2.24, 2.45) is 0 Å². The normalized spacial score (nSPS) is 11.4. The molecule has 0 atom stereocenters. The fourth-order valence-corrected chi connectivity index (χ4v) is 8.72. The van der Waals surface area contributed by atoms with Crippen LogP contribution in [0.5, 0.6) is 0 Å². The van der Waals surface area contributed by atoms with Crippen LogP contribution >= 0.6 is 0 Å². The summed E-state index contributed by atoms with van der Waals surface area (Å²) in [6, 6.07) is 75.5. The maximum Gasteiger partial charge on any atom is 0.160 e. The monoisotopic (exact) mass is 780 g/mol. The fraction of sp³-hybridized carbons (Fsp3) is 0.0351. The molecule has 11 rings (SSSR count). The van der Waals surface area contributed by atoms with Crippen LogP contribution in [0, 0.1) is 0 Å². The fourth-order valence-electron chi connectivity index (χ4n) is 8.72. The van der Waals surface area contributed by atoms with Gasteiger partial charge in [-0.1, -0.05) is 177 Å². The second-order valence-corrected chi connectivity index (χ2v) is 15.5. The van der Waals surface area contributed by atoms with Crippen molar-refractivity contribution in [1.82, 2.24) is 19.5 Å². The molecular weight excluding hydrogens is 741 g/mol. The van der Waals surface area contributed by atoms with Crippen molar-refractivity contribution in [3.63, 3.8) is 0 Å². The van der Waals surface area contributed by atoms with E-state index in [1.807, 2.05) is 0 Å². The molecule has 0 saturated heterocycles. The molecule has 0 N–H and O–H groups in total. The van der Waals surface area contributed by atoms with Gasteiger partial charge in [0, 0.05) is 28.8 Å². The van der Waals surface area contributed by atoms with Gasteiger partial charge in [0.05, 0.1) is 22.4 Å². The maximum atomic E-state index is 5.41. The van der Waals surface area contributed by atoms with E-state index in [9.17, 15) is 0 Å². The van der Waals surface area contributed by atoms with E-state index in [-0.39, 0.29) is 0 Å². The van der Waals surface area contributed by atoms with Gasteiger partial charge in [-0.25, -0.2) is 15.0 Å². The molecule has 0 bridgehead atoms. The summed E-state index contributed by atoms with van der Waals surface area (Å²) in [6.07, 6.45) is 0.779. The van der Waals surface area contributed by atoms with Gasteiger partial charge in [-0.15, -0.1) is 0 Å². The van der Waals surface area contributed by atoms with Crippen LogP contribution < -0.4 is 0 Å². The van der Waals surface area contributed by atoms with Crippen molar-refractivity contribution in [2.75, 3.05) is 0 Å². The molecule has 11 aromatic rings. The average Bonchev–Trinajstić information content (AvgIpc) is 3.73. The second kappa shape index (κ2) is 15.3. The molecule has 0 amide bonds. The molecule has 4 heteroatoms. The maximum absolute atomic E-state index is 5.41. The van der Waals surface area contributed by atoms with Crippen LogP contribution in [0.1, 0.15) is 12.7 Å². The van der Waals surface area contributed by atoms with Gasteiger partial charge in [0.2, 0.25) is 0 Å². The summed E-state index contributed by atoms with van der Waals surface area (Å²) in [6.45, 7) is 2.17. The Bertz CT molecular complexity index is 3270. The molecule has 0 unspecified atom stereocenters. The van der Waals surface area contributed by atoms with E-state index in [0.29, 0.717) is 5.82 Å². The summed E-state index contributed by atoms with van der Waals surface area (Å²) < 4.78 is 2.31. The van der Waals surface area contributed by atoms with Crippen LogP contribution in [-0.2, 0) is 6.42 Å². The minimum absolute atomic E-state index is 0.655. The quantitative estimate of drug-likeness (QED) is 0.144. The zero-order valence-corrected chi connectivity index (χ0v) is 33.7. The number of benzene rings is 9. The van der Waals surface area contributed by atoms with Gasteiger partial charge < -0.3 is 0 Å². The number of hydrogen-bond acceptors (Lipinski definition) is 3. The molecule has 61 heavy (non-hydrogen) atoms. The number of aryl methyl sites for hydroxylation is 1. The van der Waals surface area contributed by atoms with Crippen LogP contribution in [0.2, 0.25) is 0 Å². The first-order valence-corrected chi connectivity index (χ1v) is 20.9. The highest BCUT2D eigenvalue weighted by molar-refractivity contribution is 6.14. The number of hydrogen-bond donors (Lipinski definition) is 0. The SMILES string of the molecule is CCc1nc2ccccc2n1-c1cc(-c2nc(-c3ccc(-c4ccccc4)cc3)cc(-c3ccc(-c4ccccc4)cc3)n2)cc(-c2cc3ccccc3c3ccccc23)c1. The van der Waals surface area contributed by atoms with Crippen LogP contribution in [0.15, 0.2) is 212 Å². The Balaban J connectivity index is 1.15. The molecular formula is C57H40N4. The smallest absolute Gasteiger partial charge is 0.160 e. The van der Waals surface area contributed by atoms with Crippen LogP contribution in [0.4, 0.5) is 0 Å². The molecule has 0 saturated carbocycles. The molecule has 0 aliphatic rings. The lowest BCUT2D eigenvalue weighted by molar-refractivity contribution is 0.908. The molecule has 2 heterocycles. The van der Waals surface area contributed by atoms with Crippen molar-refractivity contribution < 1.29 is 0 Å². The Hall–Kier alpha value is -7.95. The lowest BCUT2D eigenvalue weighted by Gasteiger charge is -2.17. The third-order valence-electron chi connectivity index (χ3n) is 11.8. The number of imidazole rings is 1. The number of rotatable bonds is 8. The van der Waals surface area contributed by atoms with E-state index in [1.54, 1.807) is 0 Å². The van der Waals surface area contributed by atoms with Crippen LogP contribution in [-0.4, -0.2) is 19.5 Å². The van der Waals surface area contributed by atoms with E-state index in [2.05, 4.69) is 224 Å². The number of fused-ring (bicyclic) bond motifs is 4. The molecule has 0 fully saturated rings. The lowest BCUT2D eigenvalue weighted by atomic mass is 9.92. The van der Waals surface area contributed by atoms with Crippen LogP contribution in [0.3, 0.4) is 0 Å². The molecule has 0 spiro atoms. The number of aromatic nitrogens is 4. The van der Waals surface area contributed by atoms with Crippen molar-refractivity contribution in [2.45, 2.75) is 13.3 Å². The summed E-state index contributed by atoms with van der Waals surface area (Å²) in [7, 11) is 0. The molecule has 0 aliphatic heterocycles. The minimum atomic E-state index is 0.655. The first-order valence-electron chi connectivity index (χ1n) is 20.9. The molecule has 4 nitrogen and oxygen atoms in total. The van der Waals surface area contributed by atoms with Crippen molar-refractivity contribution in [3.8, 4) is 73.0 Å². The molecule has 9 aromatic carbocycles. The summed E-state index contributed by atoms with van der Waals surface area (Å²) in [5.41, 5.74) is 14.7. The Morgan fingerprint density at radius 3 is 1.52 bits per heavy atom. The van der Waals surface area contributed by atoms with Gasteiger partial charge in [0.25, 0.3) is 0 Å². The Labute approximate surface area is 355 Å². The highest BCUT2D eigenvalue weighted by Crippen LogP contribution is 2.39. The van der Waals surface area contributed by atoms with E-state index in [4.69, 9.17) is 15.0 Å². The summed E-state index contributed by atoms with van der Waals surface area (Å²) in [5.74, 6) is 1.66. The van der Waals surface area contributed by atoms with Gasteiger partial charge >= 0.3 is 0 Å². The van der Waals surface area contributed by atoms with Gasteiger partial charge in [-0.05, 0) is 97.4 Å². The number of nitrogens with zero attached hydrogens (tertiary/aromatic N) is 4. The van der Waals surface area contributed by atoms with Gasteiger partial charge in [0.1, 0.15) is 5.82 Å². The zero-order chi connectivity index (χ0) is 40.7. The molecule has 0 radical (unpaired) electrons. The molecule has 288 valence electrons. The standard InChI is InChI=1S/C57H40N4/c1-2-56-58-52-23-13-14-24-55(52)61(56)47-34-45(51-36-44-19-9-10-20-48(44)49-21-11-12-22-50(49)51)33-46(35-47)57-59-53(42-29-25-40(26-30-42)38-15-5-3-6-16-38)37-54(60-57)43-31-27-41(28-32-43)39-17-7-4-8-18-39/h3-37H,2H2,1H3. The first kappa shape index (κ1) is 36.2. The first-order chi connectivity index (χ1) is 30.2. The molecule has 2 aromatic heterocycles. The van der Waals surface area contributed by atoms with Crippen LogP contribution in [0.25, 0.3) is 106 Å². The lowest BCUT2D eigenvalue weighted by Crippen LogP contribution is -2.02. The third-order valence-corrected chi connectivity index (χ3v) is 11.8. The highest BCUT2D eigenvalue weighted by atomic mass is 15.1. The second-order valence-electron chi connectivity index (χ2n) is 15.5. The summed E-state index contributed by atoms with van der Waals surface area (Å²) in [5, 5.41) is 4.86. The Morgan fingerprint density at radius 2 is 0.885 bits per heavy atom. The largest absolute Gasteiger partial charge is 0.296 e. The topological polar surface area (TPSA) is 43.6 Å². The highest BCUT2D eigenvalue weighted by Gasteiger charge is 2.19. The van der Waals surface area contributed by atoms with Gasteiger partial charge in [-0.2, -0.15) is 0 Å². The minimum Gasteiger partial charge on any atom is -0.296 e. The molecule has 0 aliphatic carbocycles. The van der Waals surface area contributed by atoms with E-state index in [0.717, 1.165) is 79.3 Å². The van der Waals surface area contributed by atoms with Crippen molar-refractivity contribution in [3.05, 3.63) is 218 Å².